The number of carboxylic acids is 1. The van der Waals surface area contributed by atoms with Crippen molar-refractivity contribution in [2.75, 3.05) is 13.1 Å². The maximum atomic E-state index is 11.6. The van der Waals surface area contributed by atoms with Gasteiger partial charge in [-0.05, 0) is 38.5 Å². The zero-order valence-electron chi connectivity index (χ0n) is 17.9. The average molecular weight is 390 g/mol. The number of ketones is 1. The van der Waals surface area contributed by atoms with E-state index in [1.807, 2.05) is 0 Å². The Labute approximate surface area is 189 Å². The van der Waals surface area contributed by atoms with Gasteiger partial charge in [0.2, 0.25) is 0 Å². The first-order valence-electron chi connectivity index (χ1n) is 10.7. The molecule has 1 N–H and O–H groups in total. The van der Waals surface area contributed by atoms with Gasteiger partial charge in [-0.3, -0.25) is 4.79 Å². The van der Waals surface area contributed by atoms with Gasteiger partial charge in [0.15, 0.2) is 0 Å². The Bertz CT molecular complexity index is 373. The molecule has 0 fully saturated rings. The van der Waals surface area contributed by atoms with E-state index in [2.05, 4.69) is 24.4 Å². The number of allylic oxidation sites excluding steroid dienone is 2. The van der Waals surface area contributed by atoms with Crippen LogP contribution in [0.3, 0.4) is 0 Å². The Morgan fingerprint density at radius 1 is 0.778 bits per heavy atom. The van der Waals surface area contributed by atoms with Crippen molar-refractivity contribution in [2.24, 2.45) is 0 Å². The molecule has 5 heteroatoms. The van der Waals surface area contributed by atoms with E-state index in [0.29, 0.717) is 13.0 Å². The number of Topliss-reactive ketones (excluding diaryl/α,β-unsaturated/α-hetero) is 1. The number of unbranched alkanes of at least 4 members (excludes halogenated alkanes) is 11. The Morgan fingerprint density at radius 2 is 1.30 bits per heavy atom. The molecule has 0 rings (SSSR count). The number of hydrogen-bond acceptors (Lipinski definition) is 4. The normalized spacial score (nSPS) is 10.9. The molecular weight excluding hydrogens is 349 g/mol. The Morgan fingerprint density at radius 3 is 1.85 bits per heavy atom. The minimum Gasteiger partial charge on any atom is -0.550 e. The van der Waals surface area contributed by atoms with Crippen LogP contribution in [0.15, 0.2) is 12.2 Å². The topological polar surface area (TPSA) is 69.2 Å². The molecule has 4 nitrogen and oxygen atoms in total. The molecule has 0 saturated heterocycles. The SMILES string of the molecule is CCCCCCCC/C=C\CCCCCCCC(=O)CNCCC(=O)[O-].[Na+]. The first-order valence-corrected chi connectivity index (χ1v) is 10.7. The van der Waals surface area contributed by atoms with Crippen molar-refractivity contribution in [3.63, 3.8) is 0 Å². The molecule has 0 saturated carbocycles. The van der Waals surface area contributed by atoms with Crippen molar-refractivity contribution in [1.29, 1.82) is 0 Å². The van der Waals surface area contributed by atoms with E-state index < -0.39 is 5.97 Å². The number of carbonyl (C=O) groups is 2. The van der Waals surface area contributed by atoms with Crippen LogP contribution in [-0.2, 0) is 9.59 Å². The van der Waals surface area contributed by atoms with Gasteiger partial charge in [-0.1, -0.05) is 70.4 Å². The summed E-state index contributed by atoms with van der Waals surface area (Å²) >= 11 is 0. The van der Waals surface area contributed by atoms with E-state index in [9.17, 15) is 14.7 Å². The molecule has 0 unspecified atom stereocenters. The van der Waals surface area contributed by atoms with Gasteiger partial charge in [0.05, 0.1) is 6.54 Å². The van der Waals surface area contributed by atoms with E-state index in [1.54, 1.807) is 0 Å². The van der Waals surface area contributed by atoms with Gasteiger partial charge < -0.3 is 15.2 Å². The minimum atomic E-state index is -1.08. The largest absolute Gasteiger partial charge is 1.00 e. The second kappa shape index (κ2) is 23.9. The molecule has 0 amide bonds. The Kier molecular flexibility index (Phi) is 25.7. The van der Waals surface area contributed by atoms with Gasteiger partial charge in [-0.25, -0.2) is 0 Å². The van der Waals surface area contributed by atoms with Crippen molar-refractivity contribution < 1.29 is 44.3 Å². The number of rotatable bonds is 20. The molecule has 0 bridgehead atoms. The molecule has 0 aromatic heterocycles. The molecule has 0 radical (unpaired) electrons. The maximum Gasteiger partial charge on any atom is 1.00 e. The van der Waals surface area contributed by atoms with Gasteiger partial charge in [0, 0.05) is 18.9 Å². The van der Waals surface area contributed by atoms with Gasteiger partial charge in [0.25, 0.3) is 0 Å². The molecule has 0 atom stereocenters. The van der Waals surface area contributed by atoms with E-state index in [1.165, 1.54) is 70.6 Å². The van der Waals surface area contributed by atoms with Crippen molar-refractivity contribution in [1.82, 2.24) is 5.32 Å². The van der Waals surface area contributed by atoms with E-state index >= 15 is 0 Å². The predicted octanol–water partition coefficient (Wildman–Crippen LogP) is 1.33. The second-order valence-corrected chi connectivity index (χ2v) is 7.17. The molecule has 0 aliphatic rings. The summed E-state index contributed by atoms with van der Waals surface area (Å²) in [5.74, 6) is -0.914. The van der Waals surface area contributed by atoms with Crippen molar-refractivity contribution >= 4 is 11.8 Å². The fourth-order valence-corrected chi connectivity index (χ4v) is 2.90. The number of carbonyl (C=O) groups excluding carboxylic acids is 2. The van der Waals surface area contributed by atoms with E-state index in [-0.39, 0.29) is 48.3 Å². The fraction of sp³-hybridized carbons (Fsp3) is 0.818. The van der Waals surface area contributed by atoms with Crippen LogP contribution in [0.25, 0.3) is 0 Å². The molecule has 0 heterocycles. The van der Waals surface area contributed by atoms with Crippen LogP contribution in [0.1, 0.15) is 103 Å². The second-order valence-electron chi connectivity index (χ2n) is 7.17. The summed E-state index contributed by atoms with van der Waals surface area (Å²) in [6.45, 7) is 2.84. The third-order valence-corrected chi connectivity index (χ3v) is 4.55. The van der Waals surface area contributed by atoms with Crippen LogP contribution >= 0.6 is 0 Å². The van der Waals surface area contributed by atoms with Crippen molar-refractivity contribution in [3.8, 4) is 0 Å². The maximum absolute atomic E-state index is 11.6. The van der Waals surface area contributed by atoms with E-state index in [4.69, 9.17) is 0 Å². The first-order chi connectivity index (χ1) is 12.7. The molecule has 152 valence electrons. The predicted molar refractivity (Wildman–Crippen MR) is 107 cm³/mol. The summed E-state index contributed by atoms with van der Waals surface area (Å²) in [4.78, 5) is 21.8. The summed E-state index contributed by atoms with van der Waals surface area (Å²) in [7, 11) is 0. The van der Waals surface area contributed by atoms with Crippen LogP contribution in [0, 0.1) is 0 Å². The summed E-state index contributed by atoms with van der Waals surface area (Å²) in [6.07, 6.45) is 21.5. The smallest absolute Gasteiger partial charge is 0.550 e. The summed E-state index contributed by atoms with van der Waals surface area (Å²) in [5.41, 5.74) is 0. The monoisotopic (exact) mass is 389 g/mol. The van der Waals surface area contributed by atoms with Crippen molar-refractivity contribution in [2.45, 2.75) is 103 Å². The molecule has 0 aromatic rings. The number of aliphatic carboxylic acids is 1. The quantitative estimate of drug-likeness (QED) is 0.194. The van der Waals surface area contributed by atoms with Crippen LogP contribution in [0.5, 0.6) is 0 Å². The van der Waals surface area contributed by atoms with Gasteiger partial charge in [-0.2, -0.15) is 0 Å². The fourth-order valence-electron chi connectivity index (χ4n) is 2.90. The Balaban J connectivity index is 0. The van der Waals surface area contributed by atoms with Crippen LogP contribution in [-0.4, -0.2) is 24.8 Å². The third-order valence-electron chi connectivity index (χ3n) is 4.55. The standard InChI is InChI=1S/C22H41NO3.Na/c1-2-3-4-5-6-7-8-9-10-11-12-13-14-15-16-17-21(24)20-23-19-18-22(25)26;/h9-10,23H,2-8,11-20H2,1H3,(H,25,26);/q;+1/p-1/b10-9-;. The molecule has 0 aliphatic heterocycles. The molecule has 0 spiro atoms. The number of nitrogens with one attached hydrogen (secondary N) is 1. The Hall–Kier alpha value is -0.160. The average Bonchev–Trinajstić information content (AvgIpc) is 2.62. The van der Waals surface area contributed by atoms with Crippen LogP contribution in [0.2, 0.25) is 0 Å². The van der Waals surface area contributed by atoms with Crippen LogP contribution in [0.4, 0.5) is 0 Å². The molecule has 0 aromatic carbocycles. The molecule has 0 aliphatic carbocycles. The van der Waals surface area contributed by atoms with Crippen molar-refractivity contribution in [3.05, 3.63) is 12.2 Å². The summed E-state index contributed by atoms with van der Waals surface area (Å²) in [6, 6.07) is 0. The van der Waals surface area contributed by atoms with Crippen LogP contribution < -0.4 is 40.0 Å². The zero-order valence-corrected chi connectivity index (χ0v) is 19.9. The molecular formula is C22H40NNaO3. The first kappa shape index (κ1) is 29.0. The zero-order chi connectivity index (χ0) is 19.3. The van der Waals surface area contributed by atoms with Gasteiger partial charge >= 0.3 is 29.6 Å². The van der Waals surface area contributed by atoms with Gasteiger partial charge in [0.1, 0.15) is 5.78 Å². The summed E-state index contributed by atoms with van der Waals surface area (Å²) < 4.78 is 0. The third kappa shape index (κ3) is 25.8. The van der Waals surface area contributed by atoms with E-state index in [0.717, 1.165) is 12.8 Å². The summed E-state index contributed by atoms with van der Waals surface area (Å²) in [5, 5.41) is 13.1. The number of hydrogen-bond donors (Lipinski definition) is 1. The molecule has 27 heavy (non-hydrogen) atoms. The minimum absolute atomic E-state index is 0. The van der Waals surface area contributed by atoms with Gasteiger partial charge in [-0.15, -0.1) is 0 Å². The number of carboxylic acid groups (broad SMARTS) is 1.